The van der Waals surface area contributed by atoms with Crippen LogP contribution in [0.1, 0.15) is 30.9 Å². The predicted octanol–water partition coefficient (Wildman–Crippen LogP) is 4.02. The highest BCUT2D eigenvalue weighted by molar-refractivity contribution is 6.31. The Labute approximate surface area is 161 Å². The van der Waals surface area contributed by atoms with E-state index in [2.05, 4.69) is 5.10 Å². The highest BCUT2D eigenvalue weighted by atomic mass is 35.5. The lowest BCUT2D eigenvalue weighted by Crippen LogP contribution is -2.45. The number of nitrogens with two attached hydrogens (primary N) is 1. The lowest BCUT2D eigenvalue weighted by Gasteiger charge is -2.37. The van der Waals surface area contributed by atoms with E-state index in [0.29, 0.717) is 10.7 Å². The maximum absolute atomic E-state index is 14.4. The van der Waals surface area contributed by atoms with Gasteiger partial charge >= 0.3 is 0 Å². The Hall–Kier alpha value is -2.31. The first-order chi connectivity index (χ1) is 12.9. The number of carbonyl (C=O) groups is 1. The number of hydrogen-bond donors (Lipinski definition) is 1. The van der Waals surface area contributed by atoms with Gasteiger partial charge < -0.3 is 5.73 Å². The molecule has 1 aliphatic rings. The van der Waals surface area contributed by atoms with Gasteiger partial charge in [-0.25, -0.2) is 13.8 Å². The van der Waals surface area contributed by atoms with Crippen LogP contribution in [0.5, 0.6) is 0 Å². The van der Waals surface area contributed by atoms with Gasteiger partial charge in [0.2, 0.25) is 5.91 Å². The van der Waals surface area contributed by atoms with Gasteiger partial charge in [-0.1, -0.05) is 41.9 Å². The maximum atomic E-state index is 14.4. The van der Waals surface area contributed by atoms with Crippen molar-refractivity contribution in [2.45, 2.75) is 31.5 Å². The summed E-state index contributed by atoms with van der Waals surface area (Å²) >= 11 is 6.01. The van der Waals surface area contributed by atoms with E-state index in [1.54, 1.807) is 0 Å². The van der Waals surface area contributed by atoms with Gasteiger partial charge in [0.1, 0.15) is 12.0 Å². The highest BCUT2D eigenvalue weighted by Crippen LogP contribution is 2.43. The first kappa shape index (κ1) is 19.5. The Balaban J connectivity index is 2.13. The smallest absolute Gasteiger partial charge is 0.240 e. The van der Waals surface area contributed by atoms with E-state index in [1.165, 1.54) is 30.1 Å². The quantitative estimate of drug-likeness (QED) is 0.836. The third kappa shape index (κ3) is 3.73. The molecule has 2 aromatic carbocycles. The largest absolute Gasteiger partial charge is 0.328 e. The van der Waals surface area contributed by atoms with Crippen LogP contribution in [0.4, 0.5) is 8.78 Å². The molecule has 4 nitrogen and oxygen atoms in total. The minimum atomic E-state index is -1.34. The van der Waals surface area contributed by atoms with E-state index in [1.807, 2.05) is 30.3 Å². The molecular formula is C20H20ClF2N3O. The summed E-state index contributed by atoms with van der Waals surface area (Å²) in [6.45, 7) is 1.18. The van der Waals surface area contributed by atoms with Crippen LogP contribution in [0.15, 0.2) is 53.6 Å². The average Bonchev–Trinajstić information content (AvgIpc) is 3.05. The summed E-state index contributed by atoms with van der Waals surface area (Å²) in [5, 5.41) is 5.97. The van der Waals surface area contributed by atoms with Crippen molar-refractivity contribution >= 4 is 23.2 Å². The van der Waals surface area contributed by atoms with Crippen molar-refractivity contribution in [1.82, 2.24) is 5.01 Å². The summed E-state index contributed by atoms with van der Waals surface area (Å²) in [4.78, 5) is 12.4. The summed E-state index contributed by atoms with van der Waals surface area (Å²) in [7, 11) is 0. The summed E-state index contributed by atoms with van der Waals surface area (Å²) in [6.07, 6.45) is -1.22. The molecule has 2 aromatic rings. The van der Waals surface area contributed by atoms with E-state index >= 15 is 0 Å². The van der Waals surface area contributed by atoms with Gasteiger partial charge in [-0.3, -0.25) is 4.79 Å². The van der Waals surface area contributed by atoms with Crippen LogP contribution in [0.2, 0.25) is 5.02 Å². The molecule has 142 valence electrons. The molecule has 0 unspecified atom stereocenters. The predicted molar refractivity (Wildman–Crippen MR) is 102 cm³/mol. The number of rotatable bonds is 5. The van der Waals surface area contributed by atoms with E-state index in [9.17, 15) is 13.6 Å². The number of alkyl halides is 1. The molecule has 0 fully saturated rings. The second-order valence-corrected chi connectivity index (χ2v) is 7.05. The minimum absolute atomic E-state index is 0.0394. The second kappa shape index (κ2) is 7.74. The molecule has 1 amide bonds. The van der Waals surface area contributed by atoms with E-state index in [-0.39, 0.29) is 30.9 Å². The Morgan fingerprint density at radius 1 is 1.33 bits per heavy atom. The van der Waals surface area contributed by atoms with Crippen molar-refractivity contribution in [3.05, 3.63) is 70.5 Å². The molecule has 7 heteroatoms. The molecule has 0 radical (unpaired) electrons. The first-order valence-electron chi connectivity index (χ1n) is 8.61. The number of benzene rings is 2. The fraction of sp³-hybridized carbons (Fsp3) is 0.300. The highest BCUT2D eigenvalue weighted by Gasteiger charge is 2.48. The van der Waals surface area contributed by atoms with Gasteiger partial charge in [0, 0.05) is 36.9 Å². The molecule has 0 aliphatic carbocycles. The van der Waals surface area contributed by atoms with Gasteiger partial charge in [0.05, 0.1) is 11.3 Å². The maximum Gasteiger partial charge on any atom is 0.240 e. The van der Waals surface area contributed by atoms with Gasteiger partial charge in [-0.2, -0.15) is 5.10 Å². The molecule has 1 heterocycles. The number of hydrazone groups is 1. The van der Waals surface area contributed by atoms with Crippen LogP contribution in [-0.4, -0.2) is 29.3 Å². The number of carbonyl (C=O) groups excluding carboxylic acids is 1. The number of halogens is 3. The molecule has 0 bridgehead atoms. The van der Waals surface area contributed by atoms with E-state index in [4.69, 9.17) is 17.3 Å². The van der Waals surface area contributed by atoms with Crippen LogP contribution in [0, 0.1) is 5.82 Å². The lowest BCUT2D eigenvalue weighted by molar-refractivity contribution is -0.135. The summed E-state index contributed by atoms with van der Waals surface area (Å²) in [5.41, 5.74) is 5.70. The van der Waals surface area contributed by atoms with Crippen molar-refractivity contribution < 1.29 is 13.6 Å². The number of nitrogens with zero attached hydrogens (tertiary/aromatic N) is 2. The normalized spacial score (nSPS) is 20.5. The molecular weight excluding hydrogens is 372 g/mol. The third-order valence-corrected chi connectivity index (χ3v) is 4.98. The zero-order valence-corrected chi connectivity index (χ0v) is 15.6. The van der Waals surface area contributed by atoms with Crippen molar-refractivity contribution in [2.75, 3.05) is 6.54 Å². The van der Waals surface area contributed by atoms with Crippen molar-refractivity contribution in [3.8, 4) is 0 Å². The molecule has 0 aromatic heterocycles. The number of amides is 1. The molecule has 2 atom stereocenters. The lowest BCUT2D eigenvalue weighted by atomic mass is 9.79. The molecule has 3 rings (SSSR count). The number of hydrogen-bond acceptors (Lipinski definition) is 3. The van der Waals surface area contributed by atoms with Crippen LogP contribution in [0.3, 0.4) is 0 Å². The van der Waals surface area contributed by atoms with Crippen LogP contribution in [0.25, 0.3) is 0 Å². The molecule has 2 N–H and O–H groups in total. The Bertz CT molecular complexity index is 875. The van der Waals surface area contributed by atoms with Crippen LogP contribution >= 0.6 is 11.6 Å². The molecule has 27 heavy (non-hydrogen) atoms. The van der Waals surface area contributed by atoms with E-state index < -0.39 is 17.5 Å². The van der Waals surface area contributed by atoms with Crippen LogP contribution in [-0.2, 0) is 10.3 Å². The summed E-state index contributed by atoms with van der Waals surface area (Å²) in [6, 6.07) is 13.2. The third-order valence-electron chi connectivity index (χ3n) is 4.75. The molecule has 1 aliphatic heterocycles. The van der Waals surface area contributed by atoms with Gasteiger partial charge in [0.25, 0.3) is 0 Å². The van der Waals surface area contributed by atoms with Gasteiger partial charge in [0.15, 0.2) is 0 Å². The Morgan fingerprint density at radius 2 is 2.04 bits per heavy atom. The average molecular weight is 392 g/mol. The molecule has 0 spiro atoms. The van der Waals surface area contributed by atoms with Crippen molar-refractivity contribution in [1.29, 1.82) is 0 Å². The minimum Gasteiger partial charge on any atom is -0.328 e. The zero-order chi connectivity index (χ0) is 19.6. The fourth-order valence-corrected chi connectivity index (χ4v) is 3.71. The summed E-state index contributed by atoms with van der Waals surface area (Å²) in [5.74, 6) is -0.860. The topological polar surface area (TPSA) is 58.7 Å². The second-order valence-electron chi connectivity index (χ2n) is 6.61. The van der Waals surface area contributed by atoms with Crippen molar-refractivity contribution in [2.24, 2.45) is 10.8 Å². The van der Waals surface area contributed by atoms with Gasteiger partial charge in [-0.05, 0) is 23.8 Å². The molecule has 0 saturated carbocycles. The van der Waals surface area contributed by atoms with Gasteiger partial charge in [-0.15, -0.1) is 0 Å². The SMILES string of the molecule is CC(=O)N1N=C(c2cc(Cl)ccc2F)C[C@@]1(C[C@H](F)CN)c1ccccc1. The summed E-state index contributed by atoms with van der Waals surface area (Å²) < 4.78 is 28.8. The monoisotopic (exact) mass is 391 g/mol. The Kier molecular flexibility index (Phi) is 5.58. The molecule has 0 saturated heterocycles. The van der Waals surface area contributed by atoms with E-state index in [0.717, 1.165) is 5.56 Å². The fourth-order valence-electron chi connectivity index (χ4n) is 3.54. The van der Waals surface area contributed by atoms with Crippen LogP contribution < -0.4 is 5.73 Å². The zero-order valence-electron chi connectivity index (χ0n) is 14.8. The Morgan fingerprint density at radius 3 is 2.67 bits per heavy atom. The van der Waals surface area contributed by atoms with Crippen molar-refractivity contribution in [3.63, 3.8) is 0 Å². The standard InChI is InChI=1S/C20H20ClF2N3O/c1-13(27)26-20(10-16(22)12-24,14-5-3-2-4-6-14)11-19(25-26)17-9-15(21)7-8-18(17)23/h2-9,16H,10-12,24H2,1H3/t16-,20-/m0/s1. The first-order valence-corrected chi connectivity index (χ1v) is 8.98.